The molecule has 2 amide bonds. The molecule has 1 N–H and O–H groups in total. The van der Waals surface area contributed by atoms with Gasteiger partial charge in [-0.05, 0) is 42.6 Å². The predicted octanol–water partition coefficient (Wildman–Crippen LogP) is 4.55. The Morgan fingerprint density at radius 3 is 2.55 bits per heavy atom. The van der Waals surface area contributed by atoms with E-state index < -0.39 is 11.8 Å². The van der Waals surface area contributed by atoms with Crippen LogP contribution in [0.3, 0.4) is 0 Å². The Labute approximate surface area is 191 Å². The van der Waals surface area contributed by atoms with E-state index in [2.05, 4.69) is 5.32 Å². The maximum Gasteiger partial charge on any atom is 0.270 e. The van der Waals surface area contributed by atoms with Crippen molar-refractivity contribution in [2.75, 3.05) is 4.90 Å². The summed E-state index contributed by atoms with van der Waals surface area (Å²) in [6.45, 7) is 0. The van der Waals surface area contributed by atoms with E-state index in [-0.39, 0.29) is 10.7 Å². The molecule has 1 aliphatic rings. The van der Waals surface area contributed by atoms with E-state index >= 15 is 0 Å². The summed E-state index contributed by atoms with van der Waals surface area (Å²) >= 11 is 12.7. The van der Waals surface area contributed by atoms with Crippen molar-refractivity contribution in [2.45, 2.75) is 0 Å². The fourth-order valence-corrected chi connectivity index (χ4v) is 4.50. The van der Waals surface area contributed by atoms with E-state index in [0.29, 0.717) is 22.1 Å². The summed E-state index contributed by atoms with van der Waals surface area (Å²) in [5, 5.41) is 5.06. The third-order valence-electron chi connectivity index (χ3n) is 4.81. The molecule has 9 heteroatoms. The van der Waals surface area contributed by atoms with Gasteiger partial charge >= 0.3 is 0 Å². The minimum Gasteiger partial charge on any atom is -0.298 e. The molecule has 0 atom stereocenters. The monoisotopic (exact) mass is 464 g/mol. The van der Waals surface area contributed by atoms with E-state index in [1.54, 1.807) is 30.3 Å². The van der Waals surface area contributed by atoms with Gasteiger partial charge in [0.2, 0.25) is 0 Å². The number of halogens is 1. The predicted molar refractivity (Wildman–Crippen MR) is 126 cm³/mol. The third-order valence-corrected chi connectivity index (χ3v) is 6.11. The van der Waals surface area contributed by atoms with Gasteiger partial charge < -0.3 is 0 Å². The number of hydrogen-bond donors (Lipinski definition) is 1. The smallest absolute Gasteiger partial charge is 0.270 e. The van der Waals surface area contributed by atoms with Crippen LogP contribution in [0.4, 0.5) is 5.69 Å². The zero-order valence-electron chi connectivity index (χ0n) is 15.8. The average molecular weight is 465 g/mol. The van der Waals surface area contributed by atoms with Gasteiger partial charge in [-0.25, -0.2) is 4.98 Å². The molecule has 0 radical (unpaired) electrons. The second-order valence-corrected chi connectivity index (χ2v) is 8.40. The standard InChI is InChI=1S/C22H13ClN4O2S2/c23-14-6-8-15(9-7-14)27-20(29)16(19(28)25-21(27)30)12-17-18(13-4-2-1-3-5-13)24-22-26(17)10-11-31-22/h1-12H,(H,25,28,30)/b16-12+. The molecular formula is C22H13ClN4O2S2. The number of benzene rings is 2. The molecule has 4 aromatic rings. The number of carbonyl (C=O) groups excluding carboxylic acids is 2. The number of fused-ring (bicyclic) bond motifs is 1. The lowest BCUT2D eigenvalue weighted by atomic mass is 10.1. The van der Waals surface area contributed by atoms with Crippen molar-refractivity contribution in [1.82, 2.24) is 14.7 Å². The number of nitrogens with zero attached hydrogens (tertiary/aromatic N) is 3. The first kappa shape index (κ1) is 19.6. The van der Waals surface area contributed by atoms with Gasteiger partial charge in [0, 0.05) is 22.2 Å². The van der Waals surface area contributed by atoms with Crippen molar-refractivity contribution < 1.29 is 9.59 Å². The Bertz CT molecular complexity index is 1370. The number of nitrogens with one attached hydrogen (secondary N) is 1. The van der Waals surface area contributed by atoms with E-state index in [9.17, 15) is 9.59 Å². The molecule has 3 heterocycles. The van der Waals surface area contributed by atoms with Crippen molar-refractivity contribution in [2.24, 2.45) is 0 Å². The first-order valence-corrected chi connectivity index (χ1v) is 10.9. The maximum atomic E-state index is 13.3. The second-order valence-electron chi connectivity index (χ2n) is 6.70. The Balaban J connectivity index is 1.65. The van der Waals surface area contributed by atoms with Crippen molar-refractivity contribution in [3.05, 3.63) is 82.5 Å². The maximum absolute atomic E-state index is 13.3. The van der Waals surface area contributed by atoms with Gasteiger partial charge in [0.15, 0.2) is 10.1 Å². The number of hydrogen-bond acceptors (Lipinski definition) is 5. The number of carbonyl (C=O) groups is 2. The molecule has 6 nitrogen and oxygen atoms in total. The Morgan fingerprint density at radius 2 is 1.81 bits per heavy atom. The van der Waals surface area contributed by atoms with Crippen LogP contribution in [-0.2, 0) is 9.59 Å². The SMILES string of the molecule is O=C1NC(=S)N(c2ccc(Cl)cc2)C(=O)/C1=C/c1c(-c2ccccc2)nc2sccn12. The summed E-state index contributed by atoms with van der Waals surface area (Å²) in [6, 6.07) is 16.3. The van der Waals surface area contributed by atoms with E-state index in [0.717, 1.165) is 10.5 Å². The molecule has 0 aliphatic carbocycles. The molecule has 0 saturated carbocycles. The fraction of sp³-hybridized carbons (Fsp3) is 0. The Morgan fingerprint density at radius 1 is 1.06 bits per heavy atom. The summed E-state index contributed by atoms with van der Waals surface area (Å²) in [7, 11) is 0. The van der Waals surface area contributed by atoms with Crippen LogP contribution in [0.2, 0.25) is 5.02 Å². The van der Waals surface area contributed by atoms with Gasteiger partial charge in [-0.2, -0.15) is 0 Å². The normalized spacial score (nSPS) is 15.7. The summed E-state index contributed by atoms with van der Waals surface area (Å²) in [4.78, 5) is 32.8. The van der Waals surface area contributed by atoms with Crippen LogP contribution in [-0.4, -0.2) is 26.3 Å². The number of thiocarbonyl (C=S) groups is 1. The lowest BCUT2D eigenvalue weighted by Crippen LogP contribution is -2.54. The van der Waals surface area contributed by atoms with Gasteiger partial charge in [0.05, 0.1) is 17.1 Å². The molecule has 0 bridgehead atoms. The third kappa shape index (κ3) is 3.44. The van der Waals surface area contributed by atoms with Crippen molar-refractivity contribution in [1.29, 1.82) is 0 Å². The summed E-state index contributed by atoms with van der Waals surface area (Å²) in [5.41, 5.74) is 2.70. The highest BCUT2D eigenvalue weighted by Gasteiger charge is 2.35. The first-order valence-electron chi connectivity index (χ1n) is 9.21. The van der Waals surface area contributed by atoms with Gasteiger partial charge in [-0.1, -0.05) is 41.9 Å². The van der Waals surface area contributed by atoms with Gasteiger partial charge in [0.25, 0.3) is 11.8 Å². The van der Waals surface area contributed by atoms with E-state index in [1.807, 2.05) is 46.3 Å². The molecule has 0 spiro atoms. The highest BCUT2D eigenvalue weighted by atomic mass is 35.5. The molecule has 1 fully saturated rings. The highest BCUT2D eigenvalue weighted by molar-refractivity contribution is 7.80. The largest absolute Gasteiger partial charge is 0.298 e. The lowest BCUT2D eigenvalue weighted by molar-refractivity contribution is -0.122. The van der Waals surface area contributed by atoms with Crippen molar-refractivity contribution in [3.8, 4) is 11.3 Å². The van der Waals surface area contributed by atoms with Crippen LogP contribution in [0.25, 0.3) is 22.3 Å². The van der Waals surface area contributed by atoms with Crippen LogP contribution in [0.1, 0.15) is 5.69 Å². The fourth-order valence-electron chi connectivity index (χ4n) is 3.37. The first-order chi connectivity index (χ1) is 15.0. The molecule has 2 aromatic carbocycles. The second kappa shape index (κ2) is 7.73. The molecular weight excluding hydrogens is 452 g/mol. The zero-order valence-corrected chi connectivity index (χ0v) is 18.2. The molecule has 5 rings (SSSR count). The molecule has 2 aromatic heterocycles. The van der Waals surface area contributed by atoms with Crippen molar-refractivity contribution in [3.63, 3.8) is 0 Å². The van der Waals surface area contributed by atoms with Crippen LogP contribution in [0.15, 0.2) is 71.7 Å². The molecule has 1 saturated heterocycles. The van der Waals surface area contributed by atoms with Crippen LogP contribution < -0.4 is 10.2 Å². The lowest BCUT2D eigenvalue weighted by Gasteiger charge is -2.28. The highest BCUT2D eigenvalue weighted by Crippen LogP contribution is 2.30. The zero-order chi connectivity index (χ0) is 21.5. The average Bonchev–Trinajstić information content (AvgIpc) is 3.35. The molecule has 1 aliphatic heterocycles. The number of rotatable bonds is 3. The minimum atomic E-state index is -0.551. The topological polar surface area (TPSA) is 66.7 Å². The van der Waals surface area contributed by atoms with Gasteiger partial charge in [0.1, 0.15) is 5.57 Å². The molecule has 31 heavy (non-hydrogen) atoms. The number of aromatic nitrogens is 2. The Kier molecular flexibility index (Phi) is 4.90. The summed E-state index contributed by atoms with van der Waals surface area (Å²) in [5.74, 6) is -1.07. The van der Waals surface area contributed by atoms with Crippen LogP contribution >= 0.6 is 35.2 Å². The number of thiazole rings is 1. The van der Waals surface area contributed by atoms with Crippen LogP contribution in [0.5, 0.6) is 0 Å². The summed E-state index contributed by atoms with van der Waals surface area (Å²) in [6.07, 6.45) is 3.43. The van der Waals surface area contributed by atoms with E-state index in [1.165, 1.54) is 16.2 Å². The number of anilines is 1. The van der Waals surface area contributed by atoms with Gasteiger partial charge in [-0.15, -0.1) is 11.3 Å². The Hall–Kier alpha value is -3.33. The van der Waals surface area contributed by atoms with Crippen LogP contribution in [0, 0.1) is 0 Å². The quantitative estimate of drug-likeness (QED) is 0.274. The van der Waals surface area contributed by atoms with Gasteiger partial charge in [-0.3, -0.25) is 24.2 Å². The summed E-state index contributed by atoms with van der Waals surface area (Å²) < 4.78 is 1.86. The number of amides is 2. The number of imidazole rings is 1. The molecule has 0 unspecified atom stereocenters. The van der Waals surface area contributed by atoms with Crippen molar-refractivity contribution >= 4 is 68.8 Å². The minimum absolute atomic E-state index is 0.0201. The van der Waals surface area contributed by atoms with E-state index in [4.69, 9.17) is 28.8 Å². The molecule has 152 valence electrons.